The molecule has 3 aromatic rings. The van der Waals surface area contributed by atoms with E-state index < -0.39 is 0 Å². The molecular weight excluding hydrogens is 474 g/mol. The molecule has 0 radical (unpaired) electrons. The van der Waals surface area contributed by atoms with Crippen molar-refractivity contribution in [2.45, 2.75) is 42.8 Å². The van der Waals surface area contributed by atoms with Gasteiger partial charge in [0.2, 0.25) is 5.91 Å². The molecule has 1 heterocycles. The van der Waals surface area contributed by atoms with Crippen LogP contribution >= 0.6 is 34.7 Å². The van der Waals surface area contributed by atoms with E-state index in [4.69, 9.17) is 11.6 Å². The van der Waals surface area contributed by atoms with Crippen molar-refractivity contribution in [2.24, 2.45) is 0 Å². The summed E-state index contributed by atoms with van der Waals surface area (Å²) in [7, 11) is 0. The molecule has 2 aromatic carbocycles. The van der Waals surface area contributed by atoms with Crippen LogP contribution in [-0.2, 0) is 17.6 Å². The van der Waals surface area contributed by atoms with Gasteiger partial charge in [-0.1, -0.05) is 23.7 Å². The average Bonchev–Trinajstić information content (AvgIpc) is 3.16. The van der Waals surface area contributed by atoms with E-state index in [-0.39, 0.29) is 17.1 Å². The van der Waals surface area contributed by atoms with Gasteiger partial charge in [-0.05, 0) is 74.6 Å². The number of anilines is 2. The molecule has 1 aliphatic carbocycles. The molecule has 0 spiro atoms. The van der Waals surface area contributed by atoms with Crippen LogP contribution in [0.15, 0.2) is 53.4 Å². The summed E-state index contributed by atoms with van der Waals surface area (Å²) in [6, 6.07) is 16.4. The maximum Gasteiger partial charge on any atom is 0.255 e. The summed E-state index contributed by atoms with van der Waals surface area (Å²) in [5.41, 5.74) is 2.83. The lowest BCUT2D eigenvalue weighted by Gasteiger charge is -2.13. The zero-order valence-corrected chi connectivity index (χ0v) is 20.4. The molecule has 0 saturated heterocycles. The summed E-state index contributed by atoms with van der Waals surface area (Å²) in [6.07, 6.45) is 4.09. The number of thiophene rings is 1. The lowest BCUT2D eigenvalue weighted by molar-refractivity contribution is -0.115. The molecule has 4 rings (SSSR count). The average molecular weight is 496 g/mol. The maximum atomic E-state index is 12.9. The Morgan fingerprint density at radius 2 is 1.91 bits per heavy atom. The van der Waals surface area contributed by atoms with E-state index in [0.717, 1.165) is 36.1 Å². The van der Waals surface area contributed by atoms with Gasteiger partial charge in [0.15, 0.2) is 0 Å². The van der Waals surface area contributed by atoms with Gasteiger partial charge < -0.3 is 10.6 Å². The number of aryl methyl sites for hydroxylation is 1. The molecule has 1 aromatic heterocycles. The van der Waals surface area contributed by atoms with Crippen molar-refractivity contribution in [2.75, 3.05) is 10.6 Å². The Balaban J connectivity index is 1.41. The lowest BCUT2D eigenvalue weighted by Crippen LogP contribution is -2.22. The highest BCUT2D eigenvalue weighted by molar-refractivity contribution is 8.00. The number of benzene rings is 2. The largest absolute Gasteiger partial charge is 0.322 e. The normalized spacial score (nSPS) is 13.5. The van der Waals surface area contributed by atoms with E-state index in [2.05, 4.69) is 16.7 Å². The predicted octanol–water partition coefficient (Wildman–Crippen LogP) is 6.52. The summed E-state index contributed by atoms with van der Waals surface area (Å²) in [5, 5.41) is 16.2. The molecule has 2 N–H and O–H groups in total. The Morgan fingerprint density at radius 1 is 1.12 bits per heavy atom. The van der Waals surface area contributed by atoms with Crippen LogP contribution in [0, 0.1) is 11.3 Å². The number of thioether (sulfide) groups is 1. The molecule has 33 heavy (non-hydrogen) atoms. The number of hydrogen-bond acceptors (Lipinski definition) is 5. The number of carbonyl (C=O) groups excluding carboxylic acids is 2. The number of nitrogens with zero attached hydrogens (tertiary/aromatic N) is 1. The first-order chi connectivity index (χ1) is 15.9. The number of amides is 2. The highest BCUT2D eigenvalue weighted by Crippen LogP contribution is 2.38. The molecule has 8 heteroatoms. The van der Waals surface area contributed by atoms with E-state index >= 15 is 0 Å². The van der Waals surface area contributed by atoms with E-state index in [1.165, 1.54) is 28.0 Å². The molecule has 0 saturated carbocycles. The summed E-state index contributed by atoms with van der Waals surface area (Å²) < 4.78 is 0. The van der Waals surface area contributed by atoms with E-state index in [0.29, 0.717) is 26.8 Å². The molecule has 2 amide bonds. The Bertz CT molecular complexity index is 1250. The van der Waals surface area contributed by atoms with Crippen LogP contribution in [0.4, 0.5) is 10.7 Å². The summed E-state index contributed by atoms with van der Waals surface area (Å²) in [5.74, 6) is -0.403. The van der Waals surface area contributed by atoms with Gasteiger partial charge in [0.05, 0.1) is 10.8 Å². The van der Waals surface area contributed by atoms with Crippen molar-refractivity contribution >= 4 is 57.2 Å². The first kappa shape index (κ1) is 23.4. The van der Waals surface area contributed by atoms with Crippen LogP contribution < -0.4 is 10.6 Å². The van der Waals surface area contributed by atoms with Gasteiger partial charge in [-0.25, -0.2) is 0 Å². The monoisotopic (exact) mass is 495 g/mol. The number of nitriles is 1. The molecule has 1 aliphatic rings. The van der Waals surface area contributed by atoms with Gasteiger partial charge >= 0.3 is 0 Å². The number of halogens is 1. The minimum Gasteiger partial charge on any atom is -0.322 e. The summed E-state index contributed by atoms with van der Waals surface area (Å²) in [6.45, 7) is 1.83. The zero-order chi connectivity index (χ0) is 23.4. The number of carbonyl (C=O) groups is 2. The van der Waals surface area contributed by atoms with Gasteiger partial charge in [0, 0.05) is 26.0 Å². The summed E-state index contributed by atoms with van der Waals surface area (Å²) >= 11 is 8.89. The van der Waals surface area contributed by atoms with Gasteiger partial charge in [-0.2, -0.15) is 5.26 Å². The van der Waals surface area contributed by atoms with Crippen molar-refractivity contribution in [3.8, 4) is 6.07 Å². The molecule has 0 bridgehead atoms. The first-order valence-electron chi connectivity index (χ1n) is 10.6. The molecule has 1 atom stereocenters. The highest BCUT2D eigenvalue weighted by Gasteiger charge is 2.23. The SMILES string of the molecule is CC(Sc1cccc(NC(=O)c2cccc(Cl)c2)c1)C(=O)Nc1sc2c(c1C#N)CCCC2. The van der Waals surface area contributed by atoms with Crippen LogP contribution in [0.3, 0.4) is 0 Å². The second kappa shape index (κ2) is 10.4. The Kier molecular flexibility index (Phi) is 7.39. The standard InChI is InChI=1S/C25H22ClN3O2S2/c1-15(23(30)29-25-21(14-27)20-10-2-3-11-22(20)33-25)32-19-9-5-8-18(13-19)28-24(31)16-6-4-7-17(26)12-16/h4-9,12-13,15H,2-3,10-11H2,1H3,(H,28,31)(H,29,30). The van der Waals surface area contributed by atoms with Gasteiger partial charge in [0.25, 0.3) is 5.91 Å². The molecular formula is C25H22ClN3O2S2. The topological polar surface area (TPSA) is 82.0 Å². The molecule has 0 aliphatic heterocycles. The smallest absolute Gasteiger partial charge is 0.255 e. The van der Waals surface area contributed by atoms with Crippen LogP contribution in [-0.4, -0.2) is 17.1 Å². The minimum absolute atomic E-state index is 0.150. The van der Waals surface area contributed by atoms with Crippen molar-refractivity contribution in [1.29, 1.82) is 5.26 Å². The minimum atomic E-state index is -0.380. The third kappa shape index (κ3) is 5.59. The second-order valence-corrected chi connectivity index (χ2v) is 10.7. The Labute approximate surface area is 206 Å². The second-order valence-electron chi connectivity index (χ2n) is 7.77. The fourth-order valence-corrected chi connectivity index (χ4v) is 6.08. The molecule has 0 fully saturated rings. The number of nitrogens with one attached hydrogen (secondary N) is 2. The first-order valence-corrected chi connectivity index (χ1v) is 12.7. The van der Waals surface area contributed by atoms with Gasteiger partial charge in [-0.3, -0.25) is 9.59 Å². The predicted molar refractivity (Wildman–Crippen MR) is 135 cm³/mol. The van der Waals surface area contributed by atoms with E-state index in [1.807, 2.05) is 25.1 Å². The van der Waals surface area contributed by atoms with Crippen molar-refractivity contribution in [3.63, 3.8) is 0 Å². The van der Waals surface area contributed by atoms with Gasteiger partial charge in [0.1, 0.15) is 11.1 Å². The number of hydrogen-bond donors (Lipinski definition) is 2. The van der Waals surface area contributed by atoms with Gasteiger partial charge in [-0.15, -0.1) is 23.1 Å². The van der Waals surface area contributed by atoms with Crippen molar-refractivity contribution in [1.82, 2.24) is 0 Å². The molecule has 1 unspecified atom stereocenters. The molecule has 168 valence electrons. The summed E-state index contributed by atoms with van der Waals surface area (Å²) in [4.78, 5) is 27.4. The lowest BCUT2D eigenvalue weighted by atomic mass is 9.96. The third-order valence-electron chi connectivity index (χ3n) is 5.38. The Morgan fingerprint density at radius 3 is 2.70 bits per heavy atom. The van der Waals surface area contributed by atoms with E-state index in [9.17, 15) is 14.9 Å². The number of rotatable bonds is 6. The third-order valence-corrected chi connectivity index (χ3v) is 7.92. The number of fused-ring (bicyclic) bond motifs is 1. The van der Waals surface area contributed by atoms with Crippen LogP contribution in [0.5, 0.6) is 0 Å². The van der Waals surface area contributed by atoms with Crippen molar-refractivity contribution < 1.29 is 9.59 Å². The Hall–Kier alpha value is -2.79. The zero-order valence-electron chi connectivity index (χ0n) is 18.0. The van der Waals surface area contributed by atoms with Crippen LogP contribution in [0.2, 0.25) is 5.02 Å². The quantitative estimate of drug-likeness (QED) is 0.381. The van der Waals surface area contributed by atoms with E-state index in [1.54, 1.807) is 30.3 Å². The maximum absolute atomic E-state index is 12.9. The fourth-order valence-electron chi connectivity index (χ4n) is 3.72. The highest BCUT2D eigenvalue weighted by atomic mass is 35.5. The van der Waals surface area contributed by atoms with Crippen molar-refractivity contribution in [3.05, 3.63) is 75.1 Å². The van der Waals surface area contributed by atoms with Crippen LogP contribution in [0.25, 0.3) is 0 Å². The fraction of sp³-hybridized carbons (Fsp3) is 0.240. The molecule has 5 nitrogen and oxygen atoms in total. The van der Waals surface area contributed by atoms with Crippen LogP contribution in [0.1, 0.15) is 46.1 Å².